The Balaban J connectivity index is 2.02. The van der Waals surface area contributed by atoms with Gasteiger partial charge < -0.3 is 0 Å². The highest BCUT2D eigenvalue weighted by molar-refractivity contribution is 4.90. The van der Waals surface area contributed by atoms with Gasteiger partial charge in [-0.05, 0) is 42.9 Å². The van der Waals surface area contributed by atoms with Gasteiger partial charge in [0.25, 0.3) is 0 Å². The molecule has 2 bridgehead atoms. The van der Waals surface area contributed by atoms with Crippen molar-refractivity contribution < 1.29 is 0 Å². The van der Waals surface area contributed by atoms with Crippen LogP contribution in [0.2, 0.25) is 0 Å². The lowest BCUT2D eigenvalue weighted by molar-refractivity contribution is 0.256. The smallest absolute Gasteiger partial charge is 0.0360 e. The molecular weight excluding hydrogens is 120 g/mol. The van der Waals surface area contributed by atoms with E-state index in [1.54, 1.807) is 25.7 Å². The number of hydrogen-bond donors (Lipinski definition) is 0. The summed E-state index contributed by atoms with van der Waals surface area (Å²) >= 11 is 0. The minimum absolute atomic E-state index is 0.954. The monoisotopic (exact) mass is 138 g/mol. The van der Waals surface area contributed by atoms with Crippen molar-refractivity contribution >= 4 is 0 Å². The minimum Gasteiger partial charge on any atom is -0.0625 e. The molecule has 2 unspecified atom stereocenters. The highest BCUT2D eigenvalue weighted by atomic mass is 14.5. The number of rotatable bonds is 1. The van der Waals surface area contributed by atoms with Crippen molar-refractivity contribution in [3.05, 3.63) is 0 Å². The summed E-state index contributed by atoms with van der Waals surface area (Å²) in [6.45, 7) is 4.79. The van der Waals surface area contributed by atoms with Crippen molar-refractivity contribution in [1.82, 2.24) is 0 Å². The molecule has 0 aliphatic heterocycles. The van der Waals surface area contributed by atoms with Gasteiger partial charge >= 0.3 is 0 Å². The van der Waals surface area contributed by atoms with Crippen molar-refractivity contribution in [1.29, 1.82) is 0 Å². The second kappa shape index (κ2) is 2.25. The van der Waals surface area contributed by atoms with E-state index in [-0.39, 0.29) is 0 Å². The molecule has 0 radical (unpaired) electrons. The van der Waals surface area contributed by atoms with Crippen LogP contribution in [0.5, 0.6) is 0 Å². The molecule has 2 rings (SSSR count). The van der Waals surface area contributed by atoms with Gasteiger partial charge in [-0.1, -0.05) is 20.3 Å². The molecule has 0 aromatic rings. The Morgan fingerprint density at radius 1 is 1.10 bits per heavy atom. The van der Waals surface area contributed by atoms with Crippen LogP contribution in [0.3, 0.4) is 0 Å². The van der Waals surface area contributed by atoms with E-state index >= 15 is 0 Å². The Bertz CT molecular complexity index is 126. The zero-order chi connectivity index (χ0) is 7.14. The van der Waals surface area contributed by atoms with Gasteiger partial charge in [0.1, 0.15) is 0 Å². The SMILES string of the molecule is CC(C)C1CC2CC[C@@H]1C2. The average molecular weight is 138 g/mol. The molecular formula is C10H18. The van der Waals surface area contributed by atoms with Gasteiger partial charge in [0, 0.05) is 0 Å². The molecule has 0 N–H and O–H groups in total. The summed E-state index contributed by atoms with van der Waals surface area (Å²) in [5.41, 5.74) is 0. The van der Waals surface area contributed by atoms with Crippen LogP contribution in [0.25, 0.3) is 0 Å². The van der Waals surface area contributed by atoms with Gasteiger partial charge in [0.05, 0.1) is 0 Å². The van der Waals surface area contributed by atoms with E-state index in [9.17, 15) is 0 Å². The maximum Gasteiger partial charge on any atom is -0.0360 e. The Morgan fingerprint density at radius 3 is 2.20 bits per heavy atom. The molecule has 0 aromatic carbocycles. The molecule has 2 aliphatic carbocycles. The van der Waals surface area contributed by atoms with Gasteiger partial charge in [-0.25, -0.2) is 0 Å². The Kier molecular flexibility index (Phi) is 1.51. The summed E-state index contributed by atoms with van der Waals surface area (Å²) in [5, 5.41) is 0. The Hall–Kier alpha value is 0. The summed E-state index contributed by atoms with van der Waals surface area (Å²) in [5.74, 6) is 4.32. The second-order valence-corrected chi connectivity index (χ2v) is 4.58. The molecule has 0 amide bonds. The normalized spacial score (nSPS) is 45.3. The number of fused-ring (bicyclic) bond motifs is 2. The lowest BCUT2D eigenvalue weighted by Crippen LogP contribution is -2.15. The molecule has 0 heteroatoms. The third-order valence-corrected chi connectivity index (χ3v) is 3.65. The van der Waals surface area contributed by atoms with Crippen LogP contribution in [0, 0.1) is 23.7 Å². The van der Waals surface area contributed by atoms with Crippen molar-refractivity contribution in [2.75, 3.05) is 0 Å². The minimum atomic E-state index is 0.954. The third-order valence-electron chi connectivity index (χ3n) is 3.65. The molecule has 0 heterocycles. The third kappa shape index (κ3) is 0.889. The molecule has 0 aromatic heterocycles. The maximum atomic E-state index is 2.39. The van der Waals surface area contributed by atoms with E-state index in [0.717, 1.165) is 23.7 Å². The van der Waals surface area contributed by atoms with Crippen LogP contribution in [0.15, 0.2) is 0 Å². The standard InChI is InChI=1S/C10H18/c1-7(2)10-6-8-3-4-9(10)5-8/h7-10H,3-6H2,1-2H3/t8?,9-,10?/m1/s1. The molecule has 2 aliphatic rings. The molecule has 58 valence electrons. The summed E-state index contributed by atoms with van der Waals surface area (Å²) in [6.07, 6.45) is 6.23. The Labute approximate surface area is 64.0 Å². The number of hydrogen-bond acceptors (Lipinski definition) is 0. The predicted molar refractivity (Wildman–Crippen MR) is 43.8 cm³/mol. The lowest BCUT2D eigenvalue weighted by Gasteiger charge is -2.24. The van der Waals surface area contributed by atoms with E-state index in [1.807, 2.05) is 0 Å². The summed E-state index contributed by atoms with van der Waals surface area (Å²) in [6, 6.07) is 0. The highest BCUT2D eigenvalue weighted by Crippen LogP contribution is 2.50. The van der Waals surface area contributed by atoms with E-state index in [2.05, 4.69) is 13.8 Å². The van der Waals surface area contributed by atoms with Crippen molar-refractivity contribution in [2.24, 2.45) is 23.7 Å². The lowest BCUT2D eigenvalue weighted by atomic mass is 9.81. The van der Waals surface area contributed by atoms with E-state index in [1.165, 1.54) is 0 Å². The molecule has 2 saturated carbocycles. The largest absolute Gasteiger partial charge is 0.0625 e. The van der Waals surface area contributed by atoms with Gasteiger partial charge in [-0.3, -0.25) is 0 Å². The quantitative estimate of drug-likeness (QED) is 0.522. The van der Waals surface area contributed by atoms with Gasteiger partial charge in [0.2, 0.25) is 0 Å². The van der Waals surface area contributed by atoms with Crippen LogP contribution in [0.1, 0.15) is 39.5 Å². The van der Waals surface area contributed by atoms with Crippen LogP contribution < -0.4 is 0 Å². The first-order chi connectivity index (χ1) is 4.77. The summed E-state index contributed by atoms with van der Waals surface area (Å²) in [7, 11) is 0. The molecule has 0 saturated heterocycles. The highest BCUT2D eigenvalue weighted by Gasteiger charge is 2.40. The fraction of sp³-hybridized carbons (Fsp3) is 1.00. The van der Waals surface area contributed by atoms with Gasteiger partial charge in [-0.2, -0.15) is 0 Å². The first-order valence-corrected chi connectivity index (χ1v) is 4.77. The van der Waals surface area contributed by atoms with Crippen molar-refractivity contribution in [3.63, 3.8) is 0 Å². The van der Waals surface area contributed by atoms with Crippen LogP contribution in [-0.4, -0.2) is 0 Å². The van der Waals surface area contributed by atoms with Crippen molar-refractivity contribution in [3.8, 4) is 0 Å². The zero-order valence-corrected chi connectivity index (χ0v) is 7.14. The molecule has 3 atom stereocenters. The fourth-order valence-electron chi connectivity index (χ4n) is 3.11. The molecule has 10 heavy (non-hydrogen) atoms. The van der Waals surface area contributed by atoms with Crippen LogP contribution in [-0.2, 0) is 0 Å². The average Bonchev–Trinajstić information content (AvgIpc) is 2.44. The molecule has 0 spiro atoms. The molecule has 2 fully saturated rings. The zero-order valence-electron chi connectivity index (χ0n) is 7.14. The fourth-order valence-corrected chi connectivity index (χ4v) is 3.11. The van der Waals surface area contributed by atoms with E-state index < -0.39 is 0 Å². The van der Waals surface area contributed by atoms with Gasteiger partial charge in [0.15, 0.2) is 0 Å². The predicted octanol–water partition coefficient (Wildman–Crippen LogP) is 3.08. The van der Waals surface area contributed by atoms with Crippen LogP contribution in [0.4, 0.5) is 0 Å². The summed E-state index contributed by atoms with van der Waals surface area (Å²) in [4.78, 5) is 0. The van der Waals surface area contributed by atoms with E-state index in [4.69, 9.17) is 0 Å². The van der Waals surface area contributed by atoms with E-state index in [0.29, 0.717) is 0 Å². The Morgan fingerprint density at radius 2 is 1.90 bits per heavy atom. The van der Waals surface area contributed by atoms with Gasteiger partial charge in [-0.15, -0.1) is 0 Å². The molecule has 0 nitrogen and oxygen atoms in total. The first kappa shape index (κ1) is 6.69. The first-order valence-electron chi connectivity index (χ1n) is 4.77. The van der Waals surface area contributed by atoms with Crippen molar-refractivity contribution in [2.45, 2.75) is 39.5 Å². The topological polar surface area (TPSA) is 0 Å². The van der Waals surface area contributed by atoms with Crippen LogP contribution >= 0.6 is 0 Å². The maximum absolute atomic E-state index is 2.39. The summed E-state index contributed by atoms with van der Waals surface area (Å²) < 4.78 is 0. The second-order valence-electron chi connectivity index (χ2n) is 4.58.